The molecule has 0 aromatic heterocycles. The standard InChI is InChI=1S/C13H23NO4/c1-12(2)6-8(7-13(3,4)14(12)5)9(10(15)16)11(17)18/h8-9H,6-7H2,1-5H3,(H,15,16)(H,17,18)/p-2. The summed E-state index contributed by atoms with van der Waals surface area (Å²) < 4.78 is 0. The number of hydrogen-bond donors (Lipinski definition) is 0. The van der Waals surface area contributed by atoms with Crippen molar-refractivity contribution in [2.24, 2.45) is 11.8 Å². The van der Waals surface area contributed by atoms with Crippen molar-refractivity contribution in [1.29, 1.82) is 0 Å². The third-order valence-electron chi connectivity index (χ3n) is 4.32. The molecule has 0 radical (unpaired) electrons. The zero-order chi connectivity index (χ0) is 14.3. The van der Waals surface area contributed by atoms with E-state index >= 15 is 0 Å². The van der Waals surface area contributed by atoms with Crippen LogP contribution in [0.2, 0.25) is 0 Å². The van der Waals surface area contributed by atoms with Crippen molar-refractivity contribution in [2.75, 3.05) is 7.05 Å². The summed E-state index contributed by atoms with van der Waals surface area (Å²) in [6, 6.07) is 0. The van der Waals surface area contributed by atoms with E-state index in [9.17, 15) is 19.8 Å². The molecule has 0 unspecified atom stereocenters. The van der Waals surface area contributed by atoms with Gasteiger partial charge >= 0.3 is 0 Å². The fraction of sp³-hybridized carbons (Fsp3) is 0.846. The maximum absolute atomic E-state index is 11.0. The molecule has 104 valence electrons. The minimum absolute atomic E-state index is 0.254. The molecule has 18 heavy (non-hydrogen) atoms. The number of carbonyl (C=O) groups excluding carboxylic acids is 2. The Bertz CT molecular complexity index is 330. The van der Waals surface area contributed by atoms with Gasteiger partial charge < -0.3 is 19.8 Å². The van der Waals surface area contributed by atoms with E-state index in [0.717, 1.165) is 0 Å². The van der Waals surface area contributed by atoms with Gasteiger partial charge in [-0.05, 0) is 53.5 Å². The maximum Gasteiger partial charge on any atom is 0.0504 e. The molecule has 1 heterocycles. The Labute approximate surface area is 108 Å². The number of carboxylic acids is 2. The van der Waals surface area contributed by atoms with Crippen LogP contribution in [0.3, 0.4) is 0 Å². The van der Waals surface area contributed by atoms with Gasteiger partial charge in [0.1, 0.15) is 0 Å². The molecule has 0 amide bonds. The third-order valence-corrected chi connectivity index (χ3v) is 4.32. The van der Waals surface area contributed by atoms with E-state index in [0.29, 0.717) is 12.8 Å². The van der Waals surface area contributed by atoms with Crippen molar-refractivity contribution in [1.82, 2.24) is 4.90 Å². The van der Waals surface area contributed by atoms with E-state index in [1.165, 1.54) is 0 Å². The topological polar surface area (TPSA) is 83.5 Å². The highest BCUT2D eigenvalue weighted by atomic mass is 16.4. The predicted octanol–water partition coefficient (Wildman–Crippen LogP) is -0.999. The fourth-order valence-corrected chi connectivity index (χ4v) is 3.17. The molecule has 5 nitrogen and oxygen atoms in total. The van der Waals surface area contributed by atoms with Gasteiger partial charge in [0, 0.05) is 17.0 Å². The van der Waals surface area contributed by atoms with Crippen molar-refractivity contribution in [3.63, 3.8) is 0 Å². The van der Waals surface area contributed by atoms with Gasteiger partial charge in [-0.1, -0.05) is 0 Å². The van der Waals surface area contributed by atoms with Crippen molar-refractivity contribution < 1.29 is 19.8 Å². The van der Waals surface area contributed by atoms with E-state index in [1.54, 1.807) is 0 Å². The fourth-order valence-electron chi connectivity index (χ4n) is 3.17. The zero-order valence-corrected chi connectivity index (χ0v) is 11.6. The summed E-state index contributed by atoms with van der Waals surface area (Å²) in [6.07, 6.45) is 0.999. The molecule has 5 heteroatoms. The van der Waals surface area contributed by atoms with Gasteiger partial charge in [0.05, 0.1) is 11.9 Å². The number of aliphatic carboxylic acids is 2. The SMILES string of the molecule is CN1C(C)(C)CC(C(C(=O)[O-])C(=O)[O-])CC1(C)C. The second-order valence-corrected chi connectivity index (χ2v) is 6.47. The number of likely N-dealkylation sites (tertiary alicyclic amines) is 1. The maximum atomic E-state index is 11.0. The summed E-state index contributed by atoms with van der Waals surface area (Å²) in [6.45, 7) is 7.95. The molecule has 0 aliphatic carbocycles. The first-order valence-electron chi connectivity index (χ1n) is 6.15. The molecule has 0 N–H and O–H groups in total. The predicted molar refractivity (Wildman–Crippen MR) is 62.1 cm³/mol. The highest BCUT2D eigenvalue weighted by molar-refractivity contribution is 5.91. The number of carboxylic acid groups (broad SMARTS) is 2. The molecule has 1 aliphatic rings. The molecule has 1 fully saturated rings. The highest BCUT2D eigenvalue weighted by Gasteiger charge is 2.45. The van der Waals surface area contributed by atoms with Crippen LogP contribution in [0.25, 0.3) is 0 Å². The van der Waals surface area contributed by atoms with E-state index in [-0.39, 0.29) is 11.1 Å². The van der Waals surface area contributed by atoms with Gasteiger partial charge in [-0.2, -0.15) is 0 Å². The second kappa shape index (κ2) is 4.53. The van der Waals surface area contributed by atoms with Crippen LogP contribution < -0.4 is 10.2 Å². The lowest BCUT2D eigenvalue weighted by molar-refractivity contribution is -0.335. The van der Waals surface area contributed by atoms with Gasteiger partial charge in [-0.3, -0.25) is 4.90 Å². The number of carbonyl (C=O) groups is 2. The van der Waals surface area contributed by atoms with Crippen LogP contribution in [0.4, 0.5) is 0 Å². The van der Waals surface area contributed by atoms with E-state index in [4.69, 9.17) is 0 Å². The van der Waals surface area contributed by atoms with E-state index in [1.807, 2.05) is 34.7 Å². The molecule has 0 saturated carbocycles. The molecule has 0 spiro atoms. The summed E-state index contributed by atoms with van der Waals surface area (Å²) in [5, 5.41) is 22.0. The Kier molecular flexibility index (Phi) is 3.77. The van der Waals surface area contributed by atoms with Crippen LogP contribution in [0.15, 0.2) is 0 Å². The van der Waals surface area contributed by atoms with E-state index in [2.05, 4.69) is 4.90 Å². The number of rotatable bonds is 3. The summed E-state index contributed by atoms with van der Waals surface area (Å²) in [5.41, 5.74) is -0.509. The normalized spacial score (nSPS) is 24.1. The van der Waals surface area contributed by atoms with Crippen LogP contribution in [0, 0.1) is 11.8 Å². The largest absolute Gasteiger partial charge is 0.549 e. The number of nitrogens with zero attached hydrogens (tertiary/aromatic N) is 1. The molecule has 0 aromatic carbocycles. The van der Waals surface area contributed by atoms with Crippen LogP contribution in [-0.2, 0) is 9.59 Å². The lowest BCUT2D eigenvalue weighted by Gasteiger charge is -2.55. The minimum Gasteiger partial charge on any atom is -0.549 e. The Morgan fingerprint density at radius 3 is 1.67 bits per heavy atom. The Morgan fingerprint density at radius 2 is 1.39 bits per heavy atom. The van der Waals surface area contributed by atoms with Gasteiger partial charge in [-0.25, -0.2) is 0 Å². The molecule has 0 aromatic rings. The van der Waals surface area contributed by atoms with Crippen LogP contribution >= 0.6 is 0 Å². The van der Waals surface area contributed by atoms with E-state index < -0.39 is 23.8 Å². The molecule has 0 atom stereocenters. The average molecular weight is 255 g/mol. The summed E-state index contributed by atoms with van der Waals surface area (Å²) in [5.74, 6) is -5.08. The molecular formula is C13H21NO4-2. The first kappa shape index (κ1) is 15.0. The highest BCUT2D eigenvalue weighted by Crippen LogP contribution is 2.42. The van der Waals surface area contributed by atoms with Crippen LogP contribution in [0.1, 0.15) is 40.5 Å². The minimum atomic E-state index is -1.55. The number of hydrogen-bond acceptors (Lipinski definition) is 5. The van der Waals surface area contributed by atoms with Crippen molar-refractivity contribution in [3.05, 3.63) is 0 Å². The van der Waals surface area contributed by atoms with Gasteiger partial charge in [-0.15, -0.1) is 0 Å². The summed E-state index contributed by atoms with van der Waals surface area (Å²) >= 11 is 0. The molecule has 1 saturated heterocycles. The van der Waals surface area contributed by atoms with Crippen molar-refractivity contribution in [2.45, 2.75) is 51.6 Å². The Balaban J connectivity index is 3.05. The van der Waals surface area contributed by atoms with Gasteiger partial charge in [0.15, 0.2) is 0 Å². The average Bonchev–Trinajstić information content (AvgIpc) is 2.11. The Hall–Kier alpha value is -1.10. The summed E-state index contributed by atoms with van der Waals surface area (Å²) in [7, 11) is 1.98. The quantitative estimate of drug-likeness (QED) is 0.604. The molecule has 1 aliphatic heterocycles. The summed E-state index contributed by atoms with van der Waals surface area (Å²) in [4.78, 5) is 24.2. The molecule has 1 rings (SSSR count). The van der Waals surface area contributed by atoms with Crippen molar-refractivity contribution >= 4 is 11.9 Å². The monoisotopic (exact) mass is 255 g/mol. The third kappa shape index (κ3) is 2.66. The smallest absolute Gasteiger partial charge is 0.0504 e. The molecular weight excluding hydrogens is 234 g/mol. The van der Waals surface area contributed by atoms with Crippen LogP contribution in [0.5, 0.6) is 0 Å². The molecule has 0 bridgehead atoms. The zero-order valence-electron chi connectivity index (χ0n) is 11.6. The second-order valence-electron chi connectivity index (χ2n) is 6.47. The van der Waals surface area contributed by atoms with Gasteiger partial charge in [0.25, 0.3) is 0 Å². The lowest BCUT2D eigenvalue weighted by atomic mass is 9.69. The lowest BCUT2D eigenvalue weighted by Crippen LogP contribution is -2.61. The first-order valence-corrected chi connectivity index (χ1v) is 6.15. The van der Waals surface area contributed by atoms with Crippen molar-refractivity contribution in [3.8, 4) is 0 Å². The Morgan fingerprint density at radius 1 is 1.06 bits per heavy atom. The van der Waals surface area contributed by atoms with Crippen LogP contribution in [-0.4, -0.2) is 35.0 Å². The first-order chi connectivity index (χ1) is 7.99. The van der Waals surface area contributed by atoms with Gasteiger partial charge in [0.2, 0.25) is 0 Å². The number of piperidine rings is 1.